The van der Waals surface area contributed by atoms with E-state index >= 15 is 0 Å². The molecule has 35 heavy (non-hydrogen) atoms. The summed E-state index contributed by atoms with van der Waals surface area (Å²) in [6, 6.07) is 20.7. The lowest BCUT2D eigenvalue weighted by molar-refractivity contribution is -0.121. The molecular formula is C28H31N3O4. The number of rotatable bonds is 8. The molecule has 0 unspecified atom stereocenters. The van der Waals surface area contributed by atoms with Crippen LogP contribution < -0.4 is 25.4 Å². The Labute approximate surface area is 205 Å². The van der Waals surface area contributed by atoms with Gasteiger partial charge in [0.05, 0.1) is 0 Å². The fraction of sp³-hybridized carbons (Fsp3) is 0.286. The molecule has 0 saturated carbocycles. The van der Waals surface area contributed by atoms with Crippen molar-refractivity contribution >= 4 is 23.3 Å². The van der Waals surface area contributed by atoms with E-state index in [9.17, 15) is 9.59 Å². The molecule has 7 heteroatoms. The first-order chi connectivity index (χ1) is 16.8. The van der Waals surface area contributed by atoms with Gasteiger partial charge in [-0.1, -0.05) is 50.2 Å². The Kier molecular flexibility index (Phi) is 7.25. The van der Waals surface area contributed by atoms with Crippen LogP contribution in [0.2, 0.25) is 0 Å². The van der Waals surface area contributed by atoms with Gasteiger partial charge >= 0.3 is 6.03 Å². The Bertz CT molecular complexity index is 1210. The van der Waals surface area contributed by atoms with E-state index in [0.717, 1.165) is 33.9 Å². The van der Waals surface area contributed by atoms with Crippen molar-refractivity contribution in [2.75, 3.05) is 17.4 Å². The van der Waals surface area contributed by atoms with Gasteiger partial charge in [0, 0.05) is 24.3 Å². The van der Waals surface area contributed by atoms with E-state index in [-0.39, 0.29) is 24.1 Å². The minimum Gasteiger partial charge on any atom is -0.454 e. The molecule has 0 aliphatic carbocycles. The number of benzene rings is 3. The van der Waals surface area contributed by atoms with Crippen LogP contribution in [0.25, 0.3) is 0 Å². The number of fused-ring (bicyclic) bond motifs is 1. The number of nitrogens with one attached hydrogen (secondary N) is 3. The molecule has 3 aromatic carbocycles. The predicted molar refractivity (Wildman–Crippen MR) is 137 cm³/mol. The fourth-order valence-electron chi connectivity index (χ4n) is 3.88. The first-order valence-electron chi connectivity index (χ1n) is 11.7. The zero-order valence-electron chi connectivity index (χ0n) is 20.3. The van der Waals surface area contributed by atoms with Gasteiger partial charge in [0.25, 0.3) is 0 Å². The van der Waals surface area contributed by atoms with Gasteiger partial charge in [-0.3, -0.25) is 4.79 Å². The third-order valence-corrected chi connectivity index (χ3v) is 6.23. The number of amides is 3. The second-order valence-electron chi connectivity index (χ2n) is 9.32. The highest BCUT2D eigenvalue weighted by Gasteiger charge is 2.24. The highest BCUT2D eigenvalue weighted by Crippen LogP contribution is 2.38. The zero-order chi connectivity index (χ0) is 24.8. The maximum Gasteiger partial charge on any atom is 0.323 e. The molecule has 0 radical (unpaired) electrons. The smallest absolute Gasteiger partial charge is 0.323 e. The van der Waals surface area contributed by atoms with Crippen molar-refractivity contribution in [1.29, 1.82) is 0 Å². The topological polar surface area (TPSA) is 88.7 Å². The quantitative estimate of drug-likeness (QED) is 0.389. The van der Waals surface area contributed by atoms with E-state index in [2.05, 4.69) is 29.8 Å². The standard InChI is InChI=1S/C28H31N3O4/c1-19-6-4-5-7-23(19)31-27(33)30-22-11-8-20(9-12-22)17-29-26(32)14-15-28(2,3)21-10-13-24-25(16-21)35-18-34-24/h4-13,16H,14-15,17-18H2,1-3H3,(H,29,32)(H2,30,31,33). The molecule has 3 N–H and O–H groups in total. The Balaban J connectivity index is 1.22. The van der Waals surface area contributed by atoms with Crippen molar-refractivity contribution in [3.05, 3.63) is 83.4 Å². The van der Waals surface area contributed by atoms with E-state index in [1.807, 2.05) is 73.7 Å². The monoisotopic (exact) mass is 473 g/mol. The van der Waals surface area contributed by atoms with E-state index in [1.54, 1.807) is 0 Å². The summed E-state index contributed by atoms with van der Waals surface area (Å²) in [4.78, 5) is 24.7. The van der Waals surface area contributed by atoms with Crippen LogP contribution in [0.15, 0.2) is 66.7 Å². The van der Waals surface area contributed by atoms with E-state index in [0.29, 0.717) is 25.1 Å². The largest absolute Gasteiger partial charge is 0.454 e. The molecule has 0 fully saturated rings. The minimum absolute atomic E-state index is 0.00127. The molecule has 3 aromatic rings. The minimum atomic E-state index is -0.301. The molecule has 1 aliphatic heterocycles. The molecule has 182 valence electrons. The van der Waals surface area contributed by atoms with Crippen molar-refractivity contribution < 1.29 is 19.1 Å². The van der Waals surface area contributed by atoms with Crippen LogP contribution in [-0.2, 0) is 16.8 Å². The number of ether oxygens (including phenoxy) is 2. The zero-order valence-corrected chi connectivity index (χ0v) is 20.3. The van der Waals surface area contributed by atoms with Crippen molar-refractivity contribution in [1.82, 2.24) is 5.32 Å². The maximum absolute atomic E-state index is 12.5. The molecule has 0 aromatic heterocycles. The SMILES string of the molecule is Cc1ccccc1NC(=O)Nc1ccc(CNC(=O)CCC(C)(C)c2ccc3c(c2)OCO3)cc1. The van der Waals surface area contributed by atoms with E-state index in [4.69, 9.17) is 9.47 Å². The van der Waals surface area contributed by atoms with E-state index < -0.39 is 0 Å². The normalized spacial score (nSPS) is 12.2. The van der Waals surface area contributed by atoms with E-state index in [1.165, 1.54) is 0 Å². The van der Waals surface area contributed by atoms with Gasteiger partial charge in [-0.05, 0) is 65.8 Å². The van der Waals surface area contributed by atoms with Crippen LogP contribution in [0.3, 0.4) is 0 Å². The number of anilines is 2. The Hall–Kier alpha value is -4.00. The summed E-state index contributed by atoms with van der Waals surface area (Å²) in [5, 5.41) is 8.65. The second kappa shape index (κ2) is 10.5. The number of urea groups is 1. The number of aryl methyl sites for hydroxylation is 1. The third kappa shape index (κ3) is 6.32. The van der Waals surface area contributed by atoms with Crippen molar-refractivity contribution in [2.24, 2.45) is 0 Å². The van der Waals surface area contributed by atoms with Crippen molar-refractivity contribution in [2.45, 2.75) is 45.6 Å². The summed E-state index contributed by atoms with van der Waals surface area (Å²) in [6.45, 7) is 6.87. The number of carbonyl (C=O) groups excluding carboxylic acids is 2. The third-order valence-electron chi connectivity index (χ3n) is 6.23. The number of carbonyl (C=O) groups is 2. The van der Waals surface area contributed by atoms with Gasteiger partial charge in [0.1, 0.15) is 0 Å². The summed E-state index contributed by atoms with van der Waals surface area (Å²) >= 11 is 0. The van der Waals surface area contributed by atoms with Crippen LogP contribution >= 0.6 is 0 Å². The molecule has 4 rings (SSSR count). The molecule has 1 aliphatic rings. The molecule has 0 atom stereocenters. The van der Waals surface area contributed by atoms with Crippen LogP contribution in [0.4, 0.5) is 16.2 Å². The number of hydrogen-bond donors (Lipinski definition) is 3. The maximum atomic E-state index is 12.5. The Morgan fingerprint density at radius 1 is 0.914 bits per heavy atom. The first-order valence-corrected chi connectivity index (χ1v) is 11.7. The number of para-hydroxylation sites is 1. The predicted octanol–water partition coefficient (Wildman–Crippen LogP) is 5.74. The van der Waals surface area contributed by atoms with Gasteiger partial charge < -0.3 is 25.4 Å². The van der Waals surface area contributed by atoms with Crippen LogP contribution in [0.5, 0.6) is 11.5 Å². The highest BCUT2D eigenvalue weighted by atomic mass is 16.7. The Morgan fingerprint density at radius 3 is 2.43 bits per heavy atom. The first kappa shape index (κ1) is 24.1. The van der Waals surface area contributed by atoms with Gasteiger partial charge in [0.2, 0.25) is 12.7 Å². The van der Waals surface area contributed by atoms with Crippen molar-refractivity contribution in [3.8, 4) is 11.5 Å². The summed E-state index contributed by atoms with van der Waals surface area (Å²) in [7, 11) is 0. The molecule has 0 spiro atoms. The highest BCUT2D eigenvalue weighted by molar-refractivity contribution is 6.00. The molecule has 7 nitrogen and oxygen atoms in total. The summed E-state index contributed by atoms with van der Waals surface area (Å²) in [5.41, 5.74) is 4.34. The lowest BCUT2D eigenvalue weighted by Crippen LogP contribution is -2.26. The van der Waals surface area contributed by atoms with Crippen LogP contribution in [0, 0.1) is 6.92 Å². The summed E-state index contributed by atoms with van der Waals surface area (Å²) < 4.78 is 10.9. The molecule has 0 saturated heterocycles. The second-order valence-corrected chi connectivity index (χ2v) is 9.32. The van der Waals surface area contributed by atoms with Crippen LogP contribution in [-0.4, -0.2) is 18.7 Å². The average Bonchev–Trinajstić information content (AvgIpc) is 3.32. The summed E-state index contributed by atoms with van der Waals surface area (Å²) in [6.07, 6.45) is 1.12. The van der Waals surface area contributed by atoms with Gasteiger partial charge in [-0.15, -0.1) is 0 Å². The number of hydrogen-bond acceptors (Lipinski definition) is 4. The molecule has 1 heterocycles. The molecule has 3 amide bonds. The molecule has 0 bridgehead atoms. The fourth-order valence-corrected chi connectivity index (χ4v) is 3.88. The average molecular weight is 474 g/mol. The van der Waals surface area contributed by atoms with Crippen molar-refractivity contribution in [3.63, 3.8) is 0 Å². The van der Waals surface area contributed by atoms with Gasteiger partial charge in [-0.2, -0.15) is 0 Å². The lowest BCUT2D eigenvalue weighted by atomic mass is 9.80. The molecular weight excluding hydrogens is 442 g/mol. The lowest BCUT2D eigenvalue weighted by Gasteiger charge is -2.25. The van der Waals surface area contributed by atoms with Gasteiger partial charge in [0.15, 0.2) is 11.5 Å². The van der Waals surface area contributed by atoms with Gasteiger partial charge in [-0.25, -0.2) is 4.79 Å². The van der Waals surface area contributed by atoms with Crippen LogP contribution in [0.1, 0.15) is 43.4 Å². The summed E-state index contributed by atoms with van der Waals surface area (Å²) in [5.74, 6) is 1.51. The Morgan fingerprint density at radius 2 is 1.66 bits per heavy atom.